The molecule has 4 atom stereocenters. The maximum absolute atomic E-state index is 9.16. The minimum absolute atomic E-state index is 0.0146. The van der Waals surface area contributed by atoms with Crippen LogP contribution in [0.5, 0.6) is 11.5 Å². The predicted octanol–water partition coefficient (Wildman–Crippen LogP) is 7.85. The molecule has 0 aliphatic carbocycles. The van der Waals surface area contributed by atoms with Gasteiger partial charge in [0.05, 0.1) is 52.1 Å². The van der Waals surface area contributed by atoms with Crippen molar-refractivity contribution in [3.63, 3.8) is 0 Å². The summed E-state index contributed by atoms with van der Waals surface area (Å²) < 4.78 is 39.9. The zero-order valence-corrected chi connectivity index (χ0v) is 28.4. The molecule has 0 aromatic heterocycles. The van der Waals surface area contributed by atoms with Crippen LogP contribution in [0.3, 0.4) is 0 Å². The van der Waals surface area contributed by atoms with Crippen molar-refractivity contribution >= 4 is 8.53 Å². The highest BCUT2D eigenvalue weighted by Crippen LogP contribution is 2.50. The summed E-state index contributed by atoms with van der Waals surface area (Å²) in [5.41, 5.74) is 1.93. The van der Waals surface area contributed by atoms with E-state index in [4.69, 9.17) is 33.3 Å². The molecule has 3 aromatic rings. The number of benzene rings is 3. The second-order valence-corrected chi connectivity index (χ2v) is 13.1. The standard InChI is InChI=1S/C36H47N2O6P/c1-26(2)38(27(3)4)45(42-23-11-22-37)44-34-24-28(5)43-35(34)25-41-36(29-12-9-8-10-13-29,30-14-18-32(39-6)19-15-30)31-16-20-33(40-7)21-17-31/h8-10,12-21,26-28,34-35H,11,23-25H2,1-7H3/t28-,34-,35+,45?/m0/s1. The van der Waals surface area contributed by atoms with Crippen molar-refractivity contribution in [3.05, 3.63) is 95.6 Å². The molecule has 1 aliphatic heterocycles. The van der Waals surface area contributed by atoms with E-state index in [0.717, 1.165) is 28.2 Å². The summed E-state index contributed by atoms with van der Waals surface area (Å²) in [6, 6.07) is 28.8. The van der Waals surface area contributed by atoms with E-state index >= 15 is 0 Å². The monoisotopic (exact) mass is 634 g/mol. The second kappa shape index (κ2) is 16.5. The SMILES string of the molecule is COc1ccc(C(OC[C@H]2O[C@@H](C)C[C@@H]2OP(OCCC#N)N(C(C)C)C(C)C)(c2ccccc2)c2ccc(OC)cc2)cc1. The van der Waals surface area contributed by atoms with E-state index in [-0.39, 0.29) is 37.0 Å². The molecule has 1 saturated heterocycles. The molecule has 1 aliphatic rings. The second-order valence-electron chi connectivity index (χ2n) is 11.7. The molecule has 1 unspecified atom stereocenters. The fraction of sp³-hybridized carbons (Fsp3) is 0.472. The van der Waals surface area contributed by atoms with Crippen LogP contribution in [0.4, 0.5) is 0 Å². The van der Waals surface area contributed by atoms with E-state index in [1.165, 1.54) is 0 Å². The lowest BCUT2D eigenvalue weighted by Crippen LogP contribution is -2.39. The van der Waals surface area contributed by atoms with Crippen molar-refractivity contribution in [3.8, 4) is 17.6 Å². The van der Waals surface area contributed by atoms with Crippen LogP contribution >= 0.6 is 8.53 Å². The third-order valence-corrected chi connectivity index (χ3v) is 10.1. The van der Waals surface area contributed by atoms with Gasteiger partial charge in [0.15, 0.2) is 0 Å². The van der Waals surface area contributed by atoms with Gasteiger partial charge in [-0.1, -0.05) is 54.6 Å². The quantitative estimate of drug-likeness (QED) is 0.0895. The maximum Gasteiger partial charge on any atom is 0.259 e. The van der Waals surface area contributed by atoms with Crippen molar-refractivity contribution in [2.75, 3.05) is 27.4 Å². The normalized spacial score (nSPS) is 19.2. The van der Waals surface area contributed by atoms with Gasteiger partial charge >= 0.3 is 0 Å². The smallest absolute Gasteiger partial charge is 0.259 e. The average molecular weight is 635 g/mol. The minimum atomic E-state index is -1.43. The van der Waals surface area contributed by atoms with Crippen LogP contribution in [0.15, 0.2) is 78.9 Å². The van der Waals surface area contributed by atoms with Gasteiger partial charge in [0, 0.05) is 18.5 Å². The number of methoxy groups -OCH3 is 2. The zero-order valence-electron chi connectivity index (χ0n) is 27.5. The molecule has 0 amide bonds. The first kappa shape index (κ1) is 34.8. The van der Waals surface area contributed by atoms with Gasteiger partial charge in [-0.25, -0.2) is 4.67 Å². The Bertz CT molecular complexity index is 1290. The van der Waals surface area contributed by atoms with E-state index < -0.39 is 14.1 Å². The lowest BCUT2D eigenvalue weighted by molar-refractivity contribution is -0.0777. The topological polar surface area (TPSA) is 82.4 Å². The van der Waals surface area contributed by atoms with Crippen LogP contribution in [0, 0.1) is 11.3 Å². The number of nitriles is 1. The van der Waals surface area contributed by atoms with Gasteiger partial charge < -0.3 is 28.0 Å². The van der Waals surface area contributed by atoms with Gasteiger partial charge in [-0.3, -0.25) is 0 Å². The van der Waals surface area contributed by atoms with Gasteiger partial charge in [0.25, 0.3) is 8.53 Å². The number of ether oxygens (including phenoxy) is 4. The Kier molecular flexibility index (Phi) is 12.8. The molecule has 4 rings (SSSR count). The Labute approximate surface area is 270 Å². The molecule has 0 bridgehead atoms. The summed E-state index contributed by atoms with van der Waals surface area (Å²) >= 11 is 0. The summed E-state index contributed by atoms with van der Waals surface area (Å²) in [6.07, 6.45) is 0.402. The molecule has 45 heavy (non-hydrogen) atoms. The fourth-order valence-electron chi connectivity index (χ4n) is 5.87. The minimum Gasteiger partial charge on any atom is -0.497 e. The molecular weight excluding hydrogens is 587 g/mol. The molecule has 9 heteroatoms. The Morgan fingerprint density at radius 1 is 0.867 bits per heavy atom. The van der Waals surface area contributed by atoms with Gasteiger partial charge in [0.1, 0.15) is 23.2 Å². The number of rotatable bonds is 16. The first-order valence-corrected chi connectivity index (χ1v) is 16.8. The predicted molar refractivity (Wildman–Crippen MR) is 177 cm³/mol. The lowest BCUT2D eigenvalue weighted by atomic mass is 9.80. The summed E-state index contributed by atoms with van der Waals surface area (Å²) in [6.45, 7) is 11.2. The van der Waals surface area contributed by atoms with Crippen molar-refractivity contribution in [1.82, 2.24) is 4.67 Å². The summed E-state index contributed by atoms with van der Waals surface area (Å²) in [5, 5.41) is 9.16. The highest BCUT2D eigenvalue weighted by atomic mass is 31.2. The number of hydrogen-bond donors (Lipinski definition) is 0. The highest BCUT2D eigenvalue weighted by molar-refractivity contribution is 7.44. The molecule has 1 fully saturated rings. The first-order valence-electron chi connectivity index (χ1n) is 15.6. The van der Waals surface area contributed by atoms with E-state index in [1.54, 1.807) is 14.2 Å². The van der Waals surface area contributed by atoms with Crippen molar-refractivity contribution < 1.29 is 28.0 Å². The fourth-order valence-corrected chi connectivity index (χ4v) is 7.63. The van der Waals surface area contributed by atoms with Crippen molar-refractivity contribution in [2.45, 2.75) is 83.5 Å². The third-order valence-electron chi connectivity index (χ3n) is 7.91. The Hall–Kier alpha value is -3.02. The van der Waals surface area contributed by atoms with Crippen molar-refractivity contribution in [2.24, 2.45) is 0 Å². The Morgan fingerprint density at radius 2 is 1.40 bits per heavy atom. The lowest BCUT2D eigenvalue weighted by Gasteiger charge is -2.39. The van der Waals surface area contributed by atoms with Crippen LogP contribution in [0.1, 0.15) is 64.2 Å². The molecule has 0 saturated carbocycles. The summed E-state index contributed by atoms with van der Waals surface area (Å²) in [4.78, 5) is 0. The number of hydrogen-bond acceptors (Lipinski definition) is 8. The van der Waals surface area contributed by atoms with E-state index in [2.05, 4.69) is 57.5 Å². The Morgan fingerprint density at radius 3 is 1.89 bits per heavy atom. The highest BCUT2D eigenvalue weighted by Gasteiger charge is 2.43. The van der Waals surface area contributed by atoms with Gasteiger partial charge in [0.2, 0.25) is 0 Å². The van der Waals surface area contributed by atoms with E-state index in [1.807, 2.05) is 66.7 Å². The summed E-state index contributed by atoms with van der Waals surface area (Å²) in [5.74, 6) is 1.53. The van der Waals surface area contributed by atoms with Crippen LogP contribution in [-0.2, 0) is 24.1 Å². The van der Waals surface area contributed by atoms with Crippen molar-refractivity contribution in [1.29, 1.82) is 5.26 Å². The maximum atomic E-state index is 9.16. The molecule has 0 radical (unpaired) electrons. The number of nitrogens with zero attached hydrogens (tertiary/aromatic N) is 2. The van der Waals surface area contributed by atoms with Gasteiger partial charge in [-0.2, -0.15) is 5.26 Å². The molecule has 0 spiro atoms. The van der Waals surface area contributed by atoms with Crippen LogP contribution < -0.4 is 9.47 Å². The summed E-state index contributed by atoms with van der Waals surface area (Å²) in [7, 11) is 1.89. The van der Waals surface area contributed by atoms with E-state index in [0.29, 0.717) is 19.4 Å². The third kappa shape index (κ3) is 8.42. The molecule has 0 N–H and O–H groups in total. The zero-order chi connectivity index (χ0) is 32.4. The van der Waals surface area contributed by atoms with Crippen LogP contribution in [0.2, 0.25) is 0 Å². The molecule has 1 heterocycles. The van der Waals surface area contributed by atoms with Crippen LogP contribution in [0.25, 0.3) is 0 Å². The average Bonchev–Trinajstić information content (AvgIpc) is 3.40. The first-order chi connectivity index (χ1) is 21.7. The molecule has 242 valence electrons. The Balaban J connectivity index is 1.72. The molecular formula is C36H47N2O6P. The van der Waals surface area contributed by atoms with E-state index in [9.17, 15) is 0 Å². The van der Waals surface area contributed by atoms with Gasteiger partial charge in [-0.15, -0.1) is 0 Å². The largest absolute Gasteiger partial charge is 0.497 e. The molecule has 3 aromatic carbocycles. The van der Waals surface area contributed by atoms with Gasteiger partial charge in [-0.05, 0) is 75.6 Å². The molecule has 8 nitrogen and oxygen atoms in total. The van der Waals surface area contributed by atoms with Crippen LogP contribution in [-0.4, -0.2) is 62.5 Å².